The number of rotatable bonds is 4. The second kappa shape index (κ2) is 5.36. The van der Waals surface area contributed by atoms with E-state index in [0.717, 1.165) is 18.2 Å². The Labute approximate surface area is 87.3 Å². The summed E-state index contributed by atoms with van der Waals surface area (Å²) in [5, 5.41) is 2.45. The predicted octanol–water partition coefficient (Wildman–Crippen LogP) is 1.01. The molecule has 0 spiro atoms. The summed E-state index contributed by atoms with van der Waals surface area (Å²) in [7, 11) is 0. The number of hydrogen-bond donors (Lipinski definition) is 2. The van der Waals surface area contributed by atoms with E-state index in [1.807, 2.05) is 0 Å². The first kappa shape index (κ1) is 11.5. The molecule has 0 aromatic rings. The number of thioether (sulfide) groups is 1. The van der Waals surface area contributed by atoms with E-state index in [1.54, 1.807) is 6.26 Å². The first-order valence-electron chi connectivity index (χ1n) is 4.58. The lowest BCUT2D eigenvalue weighted by Gasteiger charge is -2.10. The minimum Gasteiger partial charge on any atom is -0.356 e. The fourth-order valence-corrected chi connectivity index (χ4v) is 1.81. The van der Waals surface area contributed by atoms with Gasteiger partial charge < -0.3 is 11.1 Å². The summed E-state index contributed by atoms with van der Waals surface area (Å²) in [5.74, 6) is -0.00526. The van der Waals surface area contributed by atoms with Crippen molar-refractivity contribution in [1.82, 2.24) is 5.32 Å². The van der Waals surface area contributed by atoms with E-state index in [1.165, 1.54) is 6.08 Å². The second-order valence-corrected chi connectivity index (χ2v) is 4.15. The Morgan fingerprint density at radius 2 is 2.64 bits per heavy atom. The average Bonchev–Trinajstić information content (AvgIpc) is 2.51. The van der Waals surface area contributed by atoms with Crippen molar-refractivity contribution in [3.8, 4) is 0 Å². The van der Waals surface area contributed by atoms with Gasteiger partial charge in [0.25, 0.3) is 0 Å². The molecular weight excluding hydrogens is 203 g/mol. The molecule has 0 aromatic heterocycles. The Hall–Kier alpha value is -0.550. The highest BCUT2D eigenvalue weighted by Crippen LogP contribution is 2.19. The number of nitrogens with two attached hydrogens (primary N) is 1. The molecule has 0 bridgehead atoms. The molecule has 1 rings (SSSR count). The predicted molar refractivity (Wildman–Crippen MR) is 56.4 cm³/mol. The van der Waals surface area contributed by atoms with Crippen molar-refractivity contribution < 1.29 is 9.18 Å². The average molecular weight is 218 g/mol. The molecule has 0 aromatic carbocycles. The lowest BCUT2D eigenvalue weighted by atomic mass is 9.99. The summed E-state index contributed by atoms with van der Waals surface area (Å²) in [5.41, 5.74) is 5.68. The third-order valence-electron chi connectivity index (χ3n) is 2.26. The molecule has 0 radical (unpaired) electrons. The quantitative estimate of drug-likeness (QED) is 0.740. The zero-order valence-electron chi connectivity index (χ0n) is 8.13. The van der Waals surface area contributed by atoms with Gasteiger partial charge in [-0.2, -0.15) is 4.39 Å². The van der Waals surface area contributed by atoms with Crippen LogP contribution in [-0.4, -0.2) is 24.7 Å². The van der Waals surface area contributed by atoms with Gasteiger partial charge in [0.05, 0.1) is 0 Å². The van der Waals surface area contributed by atoms with E-state index in [0.29, 0.717) is 13.0 Å². The summed E-state index contributed by atoms with van der Waals surface area (Å²) < 4.78 is 12.8. The minimum absolute atomic E-state index is 0.0402. The molecule has 1 heterocycles. The highest BCUT2D eigenvalue weighted by molar-refractivity contribution is 8.02. The SMILES string of the molecule is CS/C(F)=C/C(N)CC1CCNC1=O. The van der Waals surface area contributed by atoms with E-state index in [4.69, 9.17) is 5.73 Å². The molecule has 2 unspecified atom stereocenters. The normalized spacial score (nSPS) is 24.9. The molecule has 1 aliphatic heterocycles. The molecule has 0 aliphatic carbocycles. The summed E-state index contributed by atoms with van der Waals surface area (Å²) >= 11 is 1.03. The number of halogens is 1. The smallest absolute Gasteiger partial charge is 0.223 e. The van der Waals surface area contributed by atoms with E-state index in [2.05, 4.69) is 5.32 Å². The Bertz CT molecular complexity index is 245. The monoisotopic (exact) mass is 218 g/mol. The third kappa shape index (κ3) is 3.31. The Balaban J connectivity index is 2.40. The highest BCUT2D eigenvalue weighted by atomic mass is 32.2. The van der Waals surface area contributed by atoms with Crippen LogP contribution < -0.4 is 11.1 Å². The summed E-state index contributed by atoms with van der Waals surface area (Å²) in [4.78, 5) is 11.2. The second-order valence-electron chi connectivity index (χ2n) is 3.35. The number of carbonyl (C=O) groups excluding carboxylic acids is 1. The number of nitrogens with one attached hydrogen (secondary N) is 1. The largest absolute Gasteiger partial charge is 0.356 e. The van der Waals surface area contributed by atoms with Crippen molar-refractivity contribution in [3.05, 3.63) is 11.2 Å². The molecule has 14 heavy (non-hydrogen) atoms. The van der Waals surface area contributed by atoms with E-state index < -0.39 is 0 Å². The first-order chi connectivity index (χ1) is 6.63. The fraction of sp³-hybridized carbons (Fsp3) is 0.667. The van der Waals surface area contributed by atoms with Crippen LogP contribution >= 0.6 is 11.8 Å². The van der Waals surface area contributed by atoms with Crippen molar-refractivity contribution in [3.63, 3.8) is 0 Å². The molecule has 1 saturated heterocycles. The zero-order chi connectivity index (χ0) is 10.6. The molecule has 0 saturated carbocycles. The first-order valence-corrected chi connectivity index (χ1v) is 5.80. The molecule has 1 fully saturated rings. The van der Waals surface area contributed by atoms with Gasteiger partial charge in [-0.25, -0.2) is 0 Å². The Morgan fingerprint density at radius 1 is 1.93 bits per heavy atom. The fourth-order valence-electron chi connectivity index (χ4n) is 1.50. The maximum absolute atomic E-state index is 12.8. The van der Waals surface area contributed by atoms with Gasteiger partial charge in [-0.1, -0.05) is 11.8 Å². The lowest BCUT2D eigenvalue weighted by Crippen LogP contribution is -2.26. The van der Waals surface area contributed by atoms with E-state index in [9.17, 15) is 9.18 Å². The standard InChI is InChI=1S/C9H15FN2OS/c1-14-8(10)5-7(11)4-6-2-3-12-9(6)13/h5-7H,2-4,11H2,1H3,(H,12,13)/b8-5+. The van der Waals surface area contributed by atoms with Crippen LogP contribution in [0, 0.1) is 5.92 Å². The molecule has 2 atom stereocenters. The maximum atomic E-state index is 12.8. The number of carbonyl (C=O) groups is 1. The summed E-state index contributed by atoms with van der Waals surface area (Å²) in [6.07, 6.45) is 4.36. The highest BCUT2D eigenvalue weighted by Gasteiger charge is 2.25. The number of hydrogen-bond acceptors (Lipinski definition) is 3. The van der Waals surface area contributed by atoms with Crippen LogP contribution in [0.2, 0.25) is 0 Å². The Morgan fingerprint density at radius 3 is 3.14 bits per heavy atom. The molecular formula is C9H15FN2OS. The topological polar surface area (TPSA) is 55.1 Å². The van der Waals surface area contributed by atoms with Crippen molar-refractivity contribution in [2.75, 3.05) is 12.8 Å². The minimum atomic E-state index is -0.365. The van der Waals surface area contributed by atoms with Crippen molar-refractivity contribution in [2.45, 2.75) is 18.9 Å². The molecule has 3 N–H and O–H groups in total. The Kier molecular flexibility index (Phi) is 4.41. The molecule has 5 heteroatoms. The van der Waals surface area contributed by atoms with E-state index in [-0.39, 0.29) is 23.0 Å². The van der Waals surface area contributed by atoms with Crippen LogP contribution in [0.4, 0.5) is 4.39 Å². The third-order valence-corrected chi connectivity index (χ3v) is 2.79. The van der Waals surface area contributed by atoms with Gasteiger partial charge in [-0.3, -0.25) is 4.79 Å². The van der Waals surface area contributed by atoms with Crippen LogP contribution in [0.3, 0.4) is 0 Å². The van der Waals surface area contributed by atoms with Crippen molar-refractivity contribution in [1.29, 1.82) is 0 Å². The molecule has 3 nitrogen and oxygen atoms in total. The lowest BCUT2D eigenvalue weighted by molar-refractivity contribution is -0.122. The van der Waals surface area contributed by atoms with Gasteiger partial charge in [0, 0.05) is 18.5 Å². The summed E-state index contributed by atoms with van der Waals surface area (Å²) in [6, 6.07) is -0.365. The maximum Gasteiger partial charge on any atom is 0.223 e. The van der Waals surface area contributed by atoms with Crippen LogP contribution in [0.1, 0.15) is 12.8 Å². The van der Waals surface area contributed by atoms with Gasteiger partial charge in [-0.15, -0.1) is 0 Å². The van der Waals surface area contributed by atoms with Crippen LogP contribution in [0.15, 0.2) is 11.2 Å². The van der Waals surface area contributed by atoms with Gasteiger partial charge >= 0.3 is 0 Å². The van der Waals surface area contributed by atoms with E-state index >= 15 is 0 Å². The van der Waals surface area contributed by atoms with Crippen molar-refractivity contribution in [2.24, 2.45) is 11.7 Å². The van der Waals surface area contributed by atoms with Gasteiger partial charge in [0.1, 0.15) is 0 Å². The molecule has 80 valence electrons. The van der Waals surface area contributed by atoms with Crippen LogP contribution in [-0.2, 0) is 4.79 Å². The number of amides is 1. The molecule has 1 aliphatic rings. The van der Waals surface area contributed by atoms with Crippen molar-refractivity contribution >= 4 is 17.7 Å². The van der Waals surface area contributed by atoms with Crippen LogP contribution in [0.25, 0.3) is 0 Å². The van der Waals surface area contributed by atoms with Gasteiger partial charge in [0.15, 0.2) is 5.16 Å². The summed E-state index contributed by atoms with van der Waals surface area (Å²) in [6.45, 7) is 0.713. The van der Waals surface area contributed by atoms with Gasteiger partial charge in [-0.05, 0) is 25.2 Å². The zero-order valence-corrected chi connectivity index (χ0v) is 8.94. The van der Waals surface area contributed by atoms with Gasteiger partial charge in [0.2, 0.25) is 5.91 Å². The molecule has 1 amide bonds. The van der Waals surface area contributed by atoms with Crippen LogP contribution in [0.5, 0.6) is 0 Å².